The summed E-state index contributed by atoms with van der Waals surface area (Å²) < 4.78 is 3.34. The van der Waals surface area contributed by atoms with Gasteiger partial charge in [0.25, 0.3) is 0 Å². The average molecular weight is 340 g/mol. The van der Waals surface area contributed by atoms with Crippen molar-refractivity contribution in [2.24, 2.45) is 17.8 Å². The van der Waals surface area contributed by atoms with Gasteiger partial charge in [0.05, 0.1) is 22.4 Å². The zero-order chi connectivity index (χ0) is 14.1. The lowest BCUT2D eigenvalue weighted by Crippen LogP contribution is -2.25. The zero-order valence-electron chi connectivity index (χ0n) is 12.6. The second-order valence-corrected chi connectivity index (χ2v) is 7.47. The normalized spacial score (nSPS) is 30.1. The second-order valence-electron chi connectivity index (χ2n) is 6.61. The number of aromatic nitrogens is 2. The summed E-state index contributed by atoms with van der Waals surface area (Å²) in [5.74, 6) is 2.95. The molecule has 1 aromatic heterocycles. The van der Waals surface area contributed by atoms with Crippen LogP contribution in [0.4, 0.5) is 0 Å². The van der Waals surface area contributed by atoms with E-state index in [9.17, 15) is 0 Å². The lowest BCUT2D eigenvalue weighted by Gasteiger charge is -2.27. The van der Waals surface area contributed by atoms with Crippen molar-refractivity contribution in [3.05, 3.63) is 16.4 Å². The van der Waals surface area contributed by atoms with Gasteiger partial charge in [0, 0.05) is 6.54 Å². The van der Waals surface area contributed by atoms with Crippen molar-refractivity contribution in [1.82, 2.24) is 15.1 Å². The van der Waals surface area contributed by atoms with Gasteiger partial charge in [-0.2, -0.15) is 5.10 Å². The van der Waals surface area contributed by atoms with Crippen LogP contribution in [0.3, 0.4) is 0 Å². The molecule has 3 nitrogen and oxygen atoms in total. The Hall–Kier alpha value is -0.350. The largest absolute Gasteiger partial charge is 0.312 e. The Bertz CT molecular complexity index is 457. The van der Waals surface area contributed by atoms with Gasteiger partial charge < -0.3 is 5.32 Å². The monoisotopic (exact) mass is 339 g/mol. The van der Waals surface area contributed by atoms with Gasteiger partial charge in [0.15, 0.2) is 0 Å². The Morgan fingerprint density at radius 3 is 2.90 bits per heavy atom. The second kappa shape index (κ2) is 6.18. The summed E-state index contributed by atoms with van der Waals surface area (Å²) in [7, 11) is 2.09. The highest BCUT2D eigenvalue weighted by molar-refractivity contribution is 9.10. The van der Waals surface area contributed by atoms with Gasteiger partial charge in [-0.1, -0.05) is 13.3 Å². The standard InChI is InChI=1S/C16H26BrN3/c1-3-6-20-16(14(17)10-19-20)15(18-2)9-13-8-11-4-5-12(13)7-11/h10-13,15,18H,3-9H2,1-2H3. The molecular weight excluding hydrogens is 314 g/mol. The number of hydrogen-bond acceptors (Lipinski definition) is 2. The van der Waals surface area contributed by atoms with Crippen molar-refractivity contribution in [3.8, 4) is 0 Å². The van der Waals surface area contributed by atoms with Crippen LogP contribution in [0.15, 0.2) is 10.7 Å². The average Bonchev–Trinajstić information content (AvgIpc) is 3.13. The molecule has 0 radical (unpaired) electrons. The molecule has 0 spiro atoms. The van der Waals surface area contributed by atoms with Gasteiger partial charge >= 0.3 is 0 Å². The summed E-state index contributed by atoms with van der Waals surface area (Å²) in [6, 6.07) is 0.433. The molecule has 2 aliphatic carbocycles. The fraction of sp³-hybridized carbons (Fsp3) is 0.812. The minimum Gasteiger partial charge on any atom is -0.312 e. The molecule has 2 saturated carbocycles. The van der Waals surface area contributed by atoms with Crippen LogP contribution in [-0.4, -0.2) is 16.8 Å². The summed E-state index contributed by atoms with van der Waals surface area (Å²) in [5.41, 5.74) is 1.34. The van der Waals surface area contributed by atoms with Crippen molar-refractivity contribution in [2.45, 2.75) is 58.0 Å². The van der Waals surface area contributed by atoms with E-state index in [0.717, 1.165) is 35.2 Å². The number of nitrogens with zero attached hydrogens (tertiary/aromatic N) is 2. The number of fused-ring (bicyclic) bond motifs is 2. The minimum atomic E-state index is 0.433. The Morgan fingerprint density at radius 2 is 2.30 bits per heavy atom. The third-order valence-corrected chi connectivity index (χ3v) is 5.98. The van der Waals surface area contributed by atoms with Crippen LogP contribution in [0, 0.1) is 17.8 Å². The topological polar surface area (TPSA) is 29.9 Å². The molecule has 1 heterocycles. The number of aryl methyl sites for hydroxylation is 1. The Morgan fingerprint density at radius 1 is 1.45 bits per heavy atom. The summed E-state index contributed by atoms with van der Waals surface area (Å²) in [5, 5.41) is 8.07. The molecule has 2 bridgehead atoms. The summed E-state index contributed by atoms with van der Waals surface area (Å²) in [6.45, 7) is 3.22. The molecule has 1 N–H and O–H groups in total. The maximum atomic E-state index is 4.53. The Kier molecular flexibility index (Phi) is 4.51. The lowest BCUT2D eigenvalue weighted by molar-refractivity contribution is 0.278. The first-order valence-corrected chi connectivity index (χ1v) is 8.90. The lowest BCUT2D eigenvalue weighted by atomic mass is 9.83. The third kappa shape index (κ3) is 2.69. The van der Waals surface area contributed by atoms with E-state index in [1.54, 1.807) is 0 Å². The number of rotatable bonds is 6. The van der Waals surface area contributed by atoms with E-state index in [1.165, 1.54) is 37.8 Å². The quantitative estimate of drug-likeness (QED) is 0.843. The molecule has 4 unspecified atom stereocenters. The van der Waals surface area contributed by atoms with Crippen LogP contribution in [0.25, 0.3) is 0 Å². The molecular formula is C16H26BrN3. The van der Waals surface area contributed by atoms with Crippen LogP contribution in [0.1, 0.15) is 57.2 Å². The highest BCUT2D eigenvalue weighted by Crippen LogP contribution is 2.51. The fourth-order valence-electron chi connectivity index (χ4n) is 4.44. The number of halogens is 1. The van der Waals surface area contributed by atoms with Crippen LogP contribution in [0.2, 0.25) is 0 Å². The van der Waals surface area contributed by atoms with Crippen LogP contribution >= 0.6 is 15.9 Å². The van der Waals surface area contributed by atoms with E-state index >= 15 is 0 Å². The first-order valence-electron chi connectivity index (χ1n) is 8.11. The molecule has 0 amide bonds. The van der Waals surface area contributed by atoms with Gasteiger partial charge in [0.1, 0.15) is 0 Å². The van der Waals surface area contributed by atoms with Crippen molar-refractivity contribution in [1.29, 1.82) is 0 Å². The smallest absolute Gasteiger partial charge is 0.0695 e. The molecule has 4 heteroatoms. The van der Waals surface area contributed by atoms with Crippen LogP contribution in [0.5, 0.6) is 0 Å². The minimum absolute atomic E-state index is 0.433. The maximum Gasteiger partial charge on any atom is 0.0695 e. The predicted molar refractivity (Wildman–Crippen MR) is 85.6 cm³/mol. The first kappa shape index (κ1) is 14.6. The van der Waals surface area contributed by atoms with E-state index in [1.807, 2.05) is 6.20 Å². The number of hydrogen-bond donors (Lipinski definition) is 1. The van der Waals surface area contributed by atoms with Gasteiger partial charge in [0.2, 0.25) is 0 Å². The van der Waals surface area contributed by atoms with E-state index in [4.69, 9.17) is 0 Å². The van der Waals surface area contributed by atoms with Gasteiger partial charge in [-0.05, 0) is 72.8 Å². The summed E-state index contributed by atoms with van der Waals surface area (Å²) in [6.07, 6.45) is 10.3. The van der Waals surface area contributed by atoms with E-state index < -0.39 is 0 Å². The number of nitrogens with one attached hydrogen (secondary N) is 1. The molecule has 0 aliphatic heterocycles. The molecule has 2 aliphatic rings. The fourth-order valence-corrected chi connectivity index (χ4v) is 5.01. The van der Waals surface area contributed by atoms with Gasteiger partial charge in [-0.25, -0.2) is 0 Å². The summed E-state index contributed by atoms with van der Waals surface area (Å²) >= 11 is 3.70. The van der Waals surface area contributed by atoms with Crippen molar-refractivity contribution >= 4 is 15.9 Å². The van der Waals surface area contributed by atoms with Crippen LogP contribution in [-0.2, 0) is 6.54 Å². The van der Waals surface area contributed by atoms with Gasteiger partial charge in [-0.15, -0.1) is 0 Å². The SMILES string of the molecule is CCCn1ncc(Br)c1C(CC1CC2CCC1C2)NC. The third-order valence-electron chi connectivity index (χ3n) is 5.37. The van der Waals surface area contributed by atoms with E-state index in [2.05, 4.69) is 45.0 Å². The zero-order valence-corrected chi connectivity index (χ0v) is 14.2. The molecule has 0 saturated heterocycles. The molecule has 0 aromatic carbocycles. The Labute approximate surface area is 130 Å². The molecule has 20 heavy (non-hydrogen) atoms. The van der Waals surface area contributed by atoms with Crippen molar-refractivity contribution < 1.29 is 0 Å². The van der Waals surface area contributed by atoms with Crippen LogP contribution < -0.4 is 5.32 Å². The molecule has 4 atom stereocenters. The van der Waals surface area contributed by atoms with Gasteiger partial charge in [-0.3, -0.25) is 4.68 Å². The highest BCUT2D eigenvalue weighted by Gasteiger charge is 2.40. The van der Waals surface area contributed by atoms with E-state index in [-0.39, 0.29) is 0 Å². The molecule has 1 aromatic rings. The summed E-state index contributed by atoms with van der Waals surface area (Å²) in [4.78, 5) is 0. The maximum absolute atomic E-state index is 4.53. The predicted octanol–water partition coefficient (Wildman–Crippen LogP) is 4.14. The highest BCUT2D eigenvalue weighted by atomic mass is 79.9. The first-order chi connectivity index (χ1) is 9.72. The van der Waals surface area contributed by atoms with Crippen molar-refractivity contribution in [3.63, 3.8) is 0 Å². The van der Waals surface area contributed by atoms with E-state index in [0.29, 0.717) is 6.04 Å². The van der Waals surface area contributed by atoms with Crippen molar-refractivity contribution in [2.75, 3.05) is 7.05 Å². The Balaban J connectivity index is 1.74. The molecule has 3 rings (SSSR count). The molecule has 2 fully saturated rings. The molecule has 112 valence electrons.